The molecule has 2 aromatic heterocycles. The van der Waals surface area contributed by atoms with E-state index in [-0.39, 0.29) is 0 Å². The summed E-state index contributed by atoms with van der Waals surface area (Å²) in [6, 6.07) is 79.8. The van der Waals surface area contributed by atoms with E-state index in [9.17, 15) is 0 Å². The number of rotatable bonds is 7. The van der Waals surface area contributed by atoms with Crippen LogP contribution in [0.15, 0.2) is 233 Å². The van der Waals surface area contributed by atoms with Gasteiger partial charge in [-0.25, -0.2) is 0 Å². The lowest BCUT2D eigenvalue weighted by Crippen LogP contribution is -2.10. The van der Waals surface area contributed by atoms with Gasteiger partial charge >= 0.3 is 0 Å². The quantitative estimate of drug-likeness (QED) is 0.161. The average Bonchev–Trinajstić information content (AvgIpc) is 3.91. The van der Waals surface area contributed by atoms with E-state index in [2.05, 4.69) is 217 Å². The van der Waals surface area contributed by atoms with Crippen molar-refractivity contribution in [3.8, 4) is 44.5 Å². The van der Waals surface area contributed by atoms with E-state index in [1.165, 1.54) is 27.8 Å². The van der Waals surface area contributed by atoms with Gasteiger partial charge in [-0.05, 0) is 87.5 Å². The molecule has 286 valence electrons. The monoisotopic (exact) mass is 779 g/mol. The van der Waals surface area contributed by atoms with Crippen LogP contribution in [0.2, 0.25) is 0 Å². The highest BCUT2D eigenvalue weighted by Crippen LogP contribution is 2.46. The molecular weight excluding hydrogens is 743 g/mol. The largest absolute Gasteiger partial charge is 0.456 e. The summed E-state index contributed by atoms with van der Waals surface area (Å²) in [5, 5.41) is 6.66. The van der Waals surface area contributed by atoms with Gasteiger partial charge in [0.15, 0.2) is 0 Å². The van der Waals surface area contributed by atoms with Gasteiger partial charge in [-0.2, -0.15) is 0 Å². The molecule has 10 aromatic carbocycles. The molecule has 0 spiro atoms. The maximum absolute atomic E-state index is 6.92. The van der Waals surface area contributed by atoms with Crippen LogP contribution in [-0.2, 0) is 0 Å². The number of hydrogen-bond acceptors (Lipinski definition) is 3. The predicted octanol–water partition coefficient (Wildman–Crippen LogP) is 16.8. The lowest BCUT2D eigenvalue weighted by molar-refractivity contribution is 0.669. The second-order valence-electron chi connectivity index (χ2n) is 15.7. The molecule has 2 heterocycles. The molecule has 0 fully saturated rings. The maximum Gasteiger partial charge on any atom is 0.143 e. The second-order valence-corrected chi connectivity index (χ2v) is 15.7. The summed E-state index contributed by atoms with van der Waals surface area (Å²) in [4.78, 5) is 2.37. The van der Waals surface area contributed by atoms with Gasteiger partial charge in [0.25, 0.3) is 0 Å². The van der Waals surface area contributed by atoms with Gasteiger partial charge < -0.3 is 13.7 Å². The van der Waals surface area contributed by atoms with Crippen LogP contribution in [0.5, 0.6) is 0 Å². The van der Waals surface area contributed by atoms with Crippen LogP contribution in [0, 0.1) is 0 Å². The van der Waals surface area contributed by atoms with Gasteiger partial charge in [0, 0.05) is 49.3 Å². The molecule has 61 heavy (non-hydrogen) atoms. The molecule has 0 atom stereocenters. The Hall–Kier alpha value is -8.14. The third-order valence-electron chi connectivity index (χ3n) is 12.1. The Balaban J connectivity index is 0.928. The minimum Gasteiger partial charge on any atom is -0.456 e. The van der Waals surface area contributed by atoms with Crippen molar-refractivity contribution < 1.29 is 8.83 Å². The molecule has 0 saturated heterocycles. The number of hydrogen-bond donors (Lipinski definition) is 0. The molecule has 12 rings (SSSR count). The number of para-hydroxylation sites is 3. The molecule has 0 saturated carbocycles. The SMILES string of the molecule is c1ccc(-c2ccc(-c3cccc4c3oc3c5ccccc5c(N(c5ccccc5)c5ccc(-c6ccc(-c7ccc8oc9ccccc9c8c7)cc6)cc5)cc43)cc2)cc1. The van der Waals surface area contributed by atoms with Crippen molar-refractivity contribution in [2.75, 3.05) is 4.90 Å². The summed E-state index contributed by atoms with van der Waals surface area (Å²) in [7, 11) is 0. The molecule has 12 aromatic rings. The van der Waals surface area contributed by atoms with E-state index in [1.807, 2.05) is 12.1 Å². The van der Waals surface area contributed by atoms with E-state index in [0.29, 0.717) is 0 Å². The smallest absolute Gasteiger partial charge is 0.143 e. The second kappa shape index (κ2) is 14.3. The number of benzene rings is 10. The third-order valence-corrected chi connectivity index (χ3v) is 12.1. The summed E-state index contributed by atoms with van der Waals surface area (Å²) in [5.74, 6) is 0. The fourth-order valence-electron chi connectivity index (χ4n) is 9.05. The molecule has 3 heteroatoms. The summed E-state index contributed by atoms with van der Waals surface area (Å²) < 4.78 is 13.0. The minimum atomic E-state index is 0.893. The zero-order valence-electron chi connectivity index (χ0n) is 33.1. The molecule has 0 unspecified atom stereocenters. The fraction of sp³-hybridized carbons (Fsp3) is 0. The third kappa shape index (κ3) is 5.98. The summed E-state index contributed by atoms with van der Waals surface area (Å²) in [5.41, 5.74) is 16.1. The Morgan fingerprint density at radius 3 is 1.48 bits per heavy atom. The normalized spacial score (nSPS) is 11.6. The standard InChI is InChI=1S/C58H37NO2/c1-3-12-38(13-4-1)39-26-28-43(29-27-39)47-19-11-20-51-53-37-54(48-16-7-8-18-50(48)58(53)61-57(47)51)59(45-14-5-2-6-15-45)46-33-30-41(31-34-46)40-22-24-42(25-23-40)44-32-35-56-52(36-44)49-17-9-10-21-55(49)60-56/h1-37H. The van der Waals surface area contributed by atoms with Gasteiger partial charge in [-0.1, -0.05) is 176 Å². The number of fused-ring (bicyclic) bond motifs is 8. The molecule has 0 aliphatic heterocycles. The molecule has 0 radical (unpaired) electrons. The van der Waals surface area contributed by atoms with Crippen molar-refractivity contribution in [1.29, 1.82) is 0 Å². The summed E-state index contributed by atoms with van der Waals surface area (Å²) in [6.45, 7) is 0. The molecule has 3 nitrogen and oxygen atoms in total. The van der Waals surface area contributed by atoms with Crippen LogP contribution in [0.1, 0.15) is 0 Å². The zero-order chi connectivity index (χ0) is 40.3. The highest BCUT2D eigenvalue weighted by Gasteiger charge is 2.21. The van der Waals surface area contributed by atoms with Crippen LogP contribution in [-0.4, -0.2) is 0 Å². The Labute approximate surface area is 353 Å². The first kappa shape index (κ1) is 34.9. The van der Waals surface area contributed by atoms with Gasteiger partial charge in [0.1, 0.15) is 22.3 Å². The van der Waals surface area contributed by atoms with Crippen molar-refractivity contribution >= 4 is 71.7 Å². The van der Waals surface area contributed by atoms with E-state index in [0.717, 1.165) is 88.4 Å². The number of furan rings is 2. The van der Waals surface area contributed by atoms with Gasteiger partial charge in [-0.3, -0.25) is 0 Å². The van der Waals surface area contributed by atoms with Crippen molar-refractivity contribution in [1.82, 2.24) is 0 Å². The highest BCUT2D eigenvalue weighted by atomic mass is 16.3. The van der Waals surface area contributed by atoms with Crippen LogP contribution >= 0.6 is 0 Å². The van der Waals surface area contributed by atoms with Crippen molar-refractivity contribution in [2.45, 2.75) is 0 Å². The minimum absolute atomic E-state index is 0.893. The maximum atomic E-state index is 6.92. The molecule has 0 N–H and O–H groups in total. The first-order chi connectivity index (χ1) is 30.2. The van der Waals surface area contributed by atoms with Crippen LogP contribution in [0.3, 0.4) is 0 Å². The van der Waals surface area contributed by atoms with Gasteiger partial charge in [-0.15, -0.1) is 0 Å². The summed E-state index contributed by atoms with van der Waals surface area (Å²) >= 11 is 0. The lowest BCUT2D eigenvalue weighted by Gasteiger charge is -2.27. The number of nitrogens with zero attached hydrogens (tertiary/aromatic N) is 1. The van der Waals surface area contributed by atoms with E-state index < -0.39 is 0 Å². The van der Waals surface area contributed by atoms with E-state index >= 15 is 0 Å². The topological polar surface area (TPSA) is 29.5 Å². The van der Waals surface area contributed by atoms with Crippen molar-refractivity contribution in [3.63, 3.8) is 0 Å². The fourth-order valence-corrected chi connectivity index (χ4v) is 9.05. The van der Waals surface area contributed by atoms with Crippen molar-refractivity contribution in [2.24, 2.45) is 0 Å². The predicted molar refractivity (Wildman–Crippen MR) is 255 cm³/mol. The summed E-state index contributed by atoms with van der Waals surface area (Å²) in [6.07, 6.45) is 0. The molecular formula is C58H37NO2. The Bertz CT molecular complexity index is 3550. The zero-order valence-corrected chi connectivity index (χ0v) is 33.1. The first-order valence-corrected chi connectivity index (χ1v) is 20.7. The average molecular weight is 780 g/mol. The Morgan fingerprint density at radius 2 is 0.754 bits per heavy atom. The van der Waals surface area contributed by atoms with Gasteiger partial charge in [0.05, 0.1) is 5.69 Å². The number of anilines is 3. The Morgan fingerprint density at radius 1 is 0.262 bits per heavy atom. The van der Waals surface area contributed by atoms with E-state index in [1.54, 1.807) is 0 Å². The molecule has 0 bridgehead atoms. The molecule has 0 aliphatic carbocycles. The van der Waals surface area contributed by atoms with Crippen LogP contribution < -0.4 is 4.90 Å². The van der Waals surface area contributed by atoms with Crippen molar-refractivity contribution in [3.05, 3.63) is 224 Å². The first-order valence-electron chi connectivity index (χ1n) is 20.7. The molecule has 0 aliphatic rings. The highest BCUT2D eigenvalue weighted by molar-refractivity contribution is 6.21. The van der Waals surface area contributed by atoms with Crippen LogP contribution in [0.25, 0.3) is 99.2 Å². The van der Waals surface area contributed by atoms with E-state index in [4.69, 9.17) is 8.83 Å². The van der Waals surface area contributed by atoms with Crippen LogP contribution in [0.4, 0.5) is 17.1 Å². The lowest BCUT2D eigenvalue weighted by atomic mass is 9.98. The van der Waals surface area contributed by atoms with Gasteiger partial charge in [0.2, 0.25) is 0 Å². The molecule has 0 amide bonds. The Kier molecular flexibility index (Phi) is 8.17.